The second-order valence-electron chi connectivity index (χ2n) is 2.31. The molecule has 0 fully saturated rings. The molecule has 0 amide bonds. The van der Waals surface area contributed by atoms with E-state index in [-0.39, 0.29) is 15.8 Å². The van der Waals surface area contributed by atoms with Crippen molar-refractivity contribution >= 4 is 21.1 Å². The summed E-state index contributed by atoms with van der Waals surface area (Å²) in [5.74, 6) is 0.786. The molecule has 0 aliphatic carbocycles. The fourth-order valence-corrected chi connectivity index (χ4v) is 2.64. The average Bonchev–Trinajstić information content (AvgIpc) is 2.03. The van der Waals surface area contributed by atoms with Crippen LogP contribution in [0.25, 0.3) is 0 Å². The van der Waals surface area contributed by atoms with Gasteiger partial charge in [-0.05, 0) is 19.0 Å². The summed E-state index contributed by atoms with van der Waals surface area (Å²) in [6.45, 7) is 2.71. The molecule has 0 rings (SSSR count). The molecule has 68 valence electrons. The predicted octanol–water partition coefficient (Wildman–Crippen LogP) is 1.24. The smallest absolute Gasteiger partial charge is 0.154 e. The molecule has 0 saturated carbocycles. The highest BCUT2D eigenvalue weighted by Crippen LogP contribution is 2.01. The van der Waals surface area contributed by atoms with Gasteiger partial charge in [-0.1, -0.05) is 0 Å². The van der Waals surface area contributed by atoms with Crippen molar-refractivity contribution in [1.82, 2.24) is 0 Å². The first kappa shape index (κ1) is 11.4. The molecule has 0 bridgehead atoms. The van der Waals surface area contributed by atoms with Gasteiger partial charge in [0, 0.05) is 29.1 Å². The van der Waals surface area contributed by atoms with Gasteiger partial charge < -0.3 is 9.47 Å². The fourth-order valence-electron chi connectivity index (χ4n) is 0.861. The van der Waals surface area contributed by atoms with Crippen molar-refractivity contribution in [3.05, 3.63) is 0 Å². The van der Waals surface area contributed by atoms with Gasteiger partial charge in [-0.2, -0.15) is 0 Å². The van der Waals surface area contributed by atoms with Crippen LogP contribution in [0, 0.1) is 0 Å². The normalized spacial score (nSPS) is 14.5. The van der Waals surface area contributed by atoms with Gasteiger partial charge in [0.05, 0.1) is 0 Å². The van der Waals surface area contributed by atoms with Gasteiger partial charge in [-0.25, -0.2) is 0 Å². The van der Waals surface area contributed by atoms with Crippen LogP contribution in [0.15, 0.2) is 0 Å². The minimum atomic E-state index is -0.0494. The predicted molar refractivity (Wildman–Crippen MR) is 51.3 cm³/mol. The Labute approximate surface area is 76.0 Å². The lowest BCUT2D eigenvalue weighted by atomic mass is 10.7. The highest BCUT2D eigenvalue weighted by atomic mass is 35.5. The SMILES string of the molecule is CCOC(C[SiH2]CCCl)OC. The minimum Gasteiger partial charge on any atom is -0.356 e. The Morgan fingerprint density at radius 3 is 2.73 bits per heavy atom. The molecular formula is C7H17ClO2Si. The topological polar surface area (TPSA) is 18.5 Å². The molecule has 0 spiro atoms. The van der Waals surface area contributed by atoms with E-state index in [4.69, 9.17) is 21.1 Å². The number of halogens is 1. The van der Waals surface area contributed by atoms with Crippen LogP contribution in [-0.4, -0.2) is 35.4 Å². The third-order valence-electron chi connectivity index (χ3n) is 1.44. The van der Waals surface area contributed by atoms with Crippen molar-refractivity contribution in [2.24, 2.45) is 0 Å². The molecule has 11 heavy (non-hydrogen) atoms. The Hall–Kier alpha value is 0.427. The van der Waals surface area contributed by atoms with Crippen LogP contribution in [0.4, 0.5) is 0 Å². The quantitative estimate of drug-likeness (QED) is 0.264. The molecule has 0 heterocycles. The Morgan fingerprint density at radius 1 is 1.55 bits per heavy atom. The van der Waals surface area contributed by atoms with Crippen LogP contribution in [0.3, 0.4) is 0 Å². The van der Waals surface area contributed by atoms with Crippen molar-refractivity contribution in [2.75, 3.05) is 19.6 Å². The van der Waals surface area contributed by atoms with Crippen LogP contribution in [0.2, 0.25) is 12.1 Å². The highest BCUT2D eigenvalue weighted by Gasteiger charge is 2.04. The maximum absolute atomic E-state index is 5.56. The van der Waals surface area contributed by atoms with Gasteiger partial charge in [0.15, 0.2) is 6.29 Å². The first-order valence-electron chi connectivity index (χ1n) is 4.05. The molecule has 1 unspecified atom stereocenters. The standard InChI is InChI=1S/C7H17ClO2Si/c1-3-10-7(9-2)6-11-5-4-8/h7H,3-6,11H2,1-2H3. The van der Waals surface area contributed by atoms with Crippen LogP contribution < -0.4 is 0 Å². The van der Waals surface area contributed by atoms with E-state index in [1.807, 2.05) is 6.92 Å². The van der Waals surface area contributed by atoms with E-state index in [0.29, 0.717) is 0 Å². The molecule has 0 aliphatic heterocycles. The van der Waals surface area contributed by atoms with Crippen LogP contribution in [-0.2, 0) is 9.47 Å². The zero-order valence-corrected chi connectivity index (χ0v) is 9.48. The number of hydrogen-bond acceptors (Lipinski definition) is 2. The van der Waals surface area contributed by atoms with Gasteiger partial charge in [-0.3, -0.25) is 0 Å². The number of methoxy groups -OCH3 is 1. The average molecular weight is 197 g/mol. The van der Waals surface area contributed by atoms with Gasteiger partial charge in [0.2, 0.25) is 0 Å². The summed E-state index contributed by atoms with van der Waals surface area (Å²) in [4.78, 5) is 0. The maximum Gasteiger partial charge on any atom is 0.154 e. The van der Waals surface area contributed by atoms with Gasteiger partial charge in [0.1, 0.15) is 0 Å². The van der Waals surface area contributed by atoms with Crippen LogP contribution in [0.1, 0.15) is 6.92 Å². The molecule has 0 N–H and O–H groups in total. The molecule has 0 aromatic rings. The number of alkyl halides is 1. The molecule has 2 nitrogen and oxygen atoms in total. The fraction of sp³-hybridized carbons (Fsp3) is 1.00. The van der Waals surface area contributed by atoms with E-state index in [9.17, 15) is 0 Å². The zero-order chi connectivity index (χ0) is 8.53. The van der Waals surface area contributed by atoms with E-state index < -0.39 is 0 Å². The number of rotatable bonds is 7. The van der Waals surface area contributed by atoms with E-state index in [0.717, 1.165) is 18.5 Å². The Balaban J connectivity index is 3.20. The van der Waals surface area contributed by atoms with Gasteiger partial charge in [0.25, 0.3) is 0 Å². The van der Waals surface area contributed by atoms with Crippen molar-refractivity contribution in [1.29, 1.82) is 0 Å². The molecule has 0 aromatic carbocycles. The zero-order valence-electron chi connectivity index (χ0n) is 7.31. The number of hydrogen-bond donors (Lipinski definition) is 0. The molecular weight excluding hydrogens is 180 g/mol. The second-order valence-corrected chi connectivity index (χ2v) is 4.67. The van der Waals surface area contributed by atoms with Crippen molar-refractivity contribution in [2.45, 2.75) is 25.3 Å². The van der Waals surface area contributed by atoms with Crippen LogP contribution >= 0.6 is 11.6 Å². The first-order chi connectivity index (χ1) is 5.35. The van der Waals surface area contributed by atoms with Crippen molar-refractivity contribution in [3.63, 3.8) is 0 Å². The molecule has 4 heteroatoms. The molecule has 1 atom stereocenters. The lowest BCUT2D eigenvalue weighted by Crippen LogP contribution is -2.17. The summed E-state index contributed by atoms with van der Waals surface area (Å²) >= 11 is 5.56. The largest absolute Gasteiger partial charge is 0.356 e. The first-order valence-corrected chi connectivity index (χ1v) is 6.59. The summed E-state index contributed by atoms with van der Waals surface area (Å²) < 4.78 is 10.4. The molecule has 0 saturated heterocycles. The van der Waals surface area contributed by atoms with E-state index in [1.165, 1.54) is 6.04 Å². The van der Waals surface area contributed by atoms with Crippen molar-refractivity contribution in [3.8, 4) is 0 Å². The Bertz CT molecular complexity index is 82.8. The summed E-state index contributed by atoms with van der Waals surface area (Å²) in [5, 5.41) is 0. The highest BCUT2D eigenvalue weighted by molar-refractivity contribution is 6.38. The monoisotopic (exact) mass is 196 g/mol. The lowest BCUT2D eigenvalue weighted by molar-refractivity contribution is -0.106. The van der Waals surface area contributed by atoms with Gasteiger partial charge in [-0.15, -0.1) is 11.6 Å². The van der Waals surface area contributed by atoms with Crippen LogP contribution in [0.5, 0.6) is 0 Å². The molecule has 0 aromatic heterocycles. The molecule has 0 aliphatic rings. The van der Waals surface area contributed by atoms with Gasteiger partial charge >= 0.3 is 0 Å². The summed E-state index contributed by atoms with van der Waals surface area (Å²) in [6, 6.07) is 2.26. The van der Waals surface area contributed by atoms with E-state index in [2.05, 4.69) is 0 Å². The summed E-state index contributed by atoms with van der Waals surface area (Å²) in [6.07, 6.45) is 0.0230. The summed E-state index contributed by atoms with van der Waals surface area (Å²) in [5.41, 5.74) is 0. The minimum absolute atomic E-state index is 0.0230. The van der Waals surface area contributed by atoms with E-state index in [1.54, 1.807) is 7.11 Å². The second kappa shape index (κ2) is 8.52. The third kappa shape index (κ3) is 6.81. The third-order valence-corrected chi connectivity index (χ3v) is 3.89. The Morgan fingerprint density at radius 2 is 2.27 bits per heavy atom. The Kier molecular flexibility index (Phi) is 8.85. The lowest BCUT2D eigenvalue weighted by Gasteiger charge is -2.13. The van der Waals surface area contributed by atoms with E-state index >= 15 is 0 Å². The summed E-state index contributed by atoms with van der Waals surface area (Å²) in [7, 11) is 1.64. The molecule has 0 radical (unpaired) electrons. The van der Waals surface area contributed by atoms with Crippen molar-refractivity contribution < 1.29 is 9.47 Å². The maximum atomic E-state index is 5.56. The number of ether oxygens (including phenoxy) is 2.